The molecule has 11 nitrogen and oxygen atoms in total. The number of esters is 2. The maximum atomic E-state index is 14.6. The maximum absolute atomic E-state index is 14.6. The molecule has 1 aliphatic rings. The summed E-state index contributed by atoms with van der Waals surface area (Å²) in [4.78, 5) is 39.7. The molecule has 0 radical (unpaired) electrons. The van der Waals surface area contributed by atoms with E-state index in [9.17, 15) is 36.3 Å². The quantitative estimate of drug-likeness (QED) is 0.0279. The largest absolute Gasteiger partial charge is 0.524 e. The molecule has 0 bridgehead atoms. The summed E-state index contributed by atoms with van der Waals surface area (Å²) in [6.07, 6.45) is -8.22. The highest BCUT2D eigenvalue weighted by atomic mass is 28.4. The lowest BCUT2D eigenvalue weighted by atomic mass is 9.73. The smallest absolute Gasteiger partial charge is 0.497 e. The number of nitrogens with zero attached hydrogens (tertiary/aromatic N) is 1. The highest BCUT2D eigenvalue weighted by Gasteiger charge is 2.63. The van der Waals surface area contributed by atoms with Crippen molar-refractivity contribution < 1.29 is 68.6 Å². The van der Waals surface area contributed by atoms with Crippen molar-refractivity contribution in [1.82, 2.24) is 4.90 Å². The first kappa shape index (κ1) is 48.7. The van der Waals surface area contributed by atoms with Crippen LogP contribution in [0.5, 0.6) is 17.2 Å². The lowest BCUT2D eigenvalue weighted by molar-refractivity contribution is -0.211. The standard InChI is InChI=1S/C46H52F5NO10Si/c1-7-58-63(59-8-2,60-9-3)40-27-29-52(40)43(55)57-30-10-28-44(5,33-15-23-38(24-16-33)61-31(4)53)34-17-25-39(26-18-34)62-41(54)32-11-13-35(14-12-32)45(42(47)48,46(49,50)51)36-19-21-37(56-6)22-20-36/h11-26,40,42H,7-10,27-30H2,1-6H3. The molecule has 5 rings (SSSR count). The van der Waals surface area contributed by atoms with Gasteiger partial charge in [-0.2, -0.15) is 13.2 Å². The van der Waals surface area contributed by atoms with Gasteiger partial charge in [0.1, 0.15) is 22.9 Å². The number of ether oxygens (including phenoxy) is 4. The lowest BCUT2D eigenvalue weighted by Gasteiger charge is -2.47. The van der Waals surface area contributed by atoms with E-state index in [-0.39, 0.29) is 29.3 Å². The van der Waals surface area contributed by atoms with E-state index in [1.54, 1.807) is 41.3 Å². The number of carbonyl (C=O) groups is 3. The summed E-state index contributed by atoms with van der Waals surface area (Å²) in [5, 5.41) is 0. The van der Waals surface area contributed by atoms with Crippen LogP contribution in [0.3, 0.4) is 0 Å². The number of likely N-dealkylation sites (tertiary alicyclic amines) is 1. The Kier molecular flexibility index (Phi) is 16.1. The van der Waals surface area contributed by atoms with E-state index in [0.29, 0.717) is 51.4 Å². The van der Waals surface area contributed by atoms with E-state index in [0.717, 1.165) is 47.5 Å². The summed E-state index contributed by atoms with van der Waals surface area (Å²) in [6.45, 7) is 10.5. The summed E-state index contributed by atoms with van der Waals surface area (Å²) < 4.78 is 113. The van der Waals surface area contributed by atoms with Crippen molar-refractivity contribution in [2.45, 2.75) is 83.0 Å². The number of amides is 1. The molecule has 63 heavy (non-hydrogen) atoms. The molecule has 0 N–H and O–H groups in total. The molecule has 0 saturated carbocycles. The van der Waals surface area contributed by atoms with Crippen molar-refractivity contribution in [3.05, 3.63) is 125 Å². The first-order valence-electron chi connectivity index (χ1n) is 20.6. The fourth-order valence-electron chi connectivity index (χ4n) is 7.82. The van der Waals surface area contributed by atoms with Crippen LogP contribution in [0.4, 0.5) is 26.7 Å². The van der Waals surface area contributed by atoms with Gasteiger partial charge in [0.05, 0.1) is 19.3 Å². The van der Waals surface area contributed by atoms with E-state index < -0.39 is 61.4 Å². The van der Waals surface area contributed by atoms with Gasteiger partial charge in [-0.25, -0.2) is 18.4 Å². The van der Waals surface area contributed by atoms with E-state index in [1.165, 1.54) is 26.2 Å². The van der Waals surface area contributed by atoms with E-state index in [2.05, 4.69) is 0 Å². The normalized spacial score (nSPS) is 16.1. The molecule has 0 spiro atoms. The van der Waals surface area contributed by atoms with Crippen LogP contribution in [-0.2, 0) is 33.6 Å². The summed E-state index contributed by atoms with van der Waals surface area (Å²) in [5.74, 6) is -0.742. The highest BCUT2D eigenvalue weighted by molar-refractivity contribution is 6.63. The van der Waals surface area contributed by atoms with Crippen LogP contribution >= 0.6 is 0 Å². The van der Waals surface area contributed by atoms with Gasteiger partial charge in [0.25, 0.3) is 6.43 Å². The summed E-state index contributed by atoms with van der Waals surface area (Å²) >= 11 is 0. The van der Waals surface area contributed by atoms with Gasteiger partial charge in [-0.15, -0.1) is 0 Å². The maximum Gasteiger partial charge on any atom is 0.524 e. The number of hydrogen-bond donors (Lipinski definition) is 0. The molecule has 17 heteroatoms. The van der Waals surface area contributed by atoms with Crippen LogP contribution < -0.4 is 14.2 Å². The van der Waals surface area contributed by atoms with Gasteiger partial charge in [0, 0.05) is 38.7 Å². The first-order chi connectivity index (χ1) is 30.0. The van der Waals surface area contributed by atoms with Gasteiger partial charge in [-0.1, -0.05) is 55.5 Å². The number of hydrogen-bond acceptors (Lipinski definition) is 10. The number of rotatable bonds is 20. The molecule has 4 aromatic carbocycles. The zero-order valence-corrected chi connectivity index (χ0v) is 37.0. The zero-order chi connectivity index (χ0) is 46.0. The Morgan fingerprint density at radius 3 is 1.59 bits per heavy atom. The summed E-state index contributed by atoms with van der Waals surface area (Å²) in [5.41, 5.74) is -4.74. The second-order valence-electron chi connectivity index (χ2n) is 14.9. The number of benzene rings is 4. The molecular weight excluding hydrogens is 850 g/mol. The van der Waals surface area contributed by atoms with Crippen LogP contribution in [0.15, 0.2) is 97.1 Å². The van der Waals surface area contributed by atoms with Crippen molar-refractivity contribution in [1.29, 1.82) is 0 Å². The molecule has 4 aromatic rings. The first-order valence-corrected chi connectivity index (χ1v) is 22.4. The topological polar surface area (TPSA) is 119 Å². The SMILES string of the molecule is CCO[Si](OCC)(OCC)C1CCN1C(=O)OCCCC(C)(c1ccc(OC(C)=O)cc1)c1ccc(OC(=O)c2ccc(C(c3ccc(OC)cc3)(C(F)F)C(F)(F)F)cc2)cc1. The average Bonchev–Trinajstić information content (AvgIpc) is 3.22. The van der Waals surface area contributed by atoms with Gasteiger partial charge >= 0.3 is 33.0 Å². The Bertz CT molecular complexity index is 2120. The fraction of sp³-hybridized carbons (Fsp3) is 0.413. The fourth-order valence-corrected chi connectivity index (χ4v) is 11.0. The van der Waals surface area contributed by atoms with Gasteiger partial charge in [-0.05, 0) is 111 Å². The predicted octanol–water partition coefficient (Wildman–Crippen LogP) is 9.84. The molecule has 0 aromatic heterocycles. The number of carbonyl (C=O) groups excluding carboxylic acids is 3. The number of alkyl halides is 5. The molecule has 1 aliphatic heterocycles. The zero-order valence-electron chi connectivity index (χ0n) is 36.0. The molecular formula is C46H52F5NO10Si. The lowest BCUT2D eigenvalue weighted by Crippen LogP contribution is -2.69. The predicted molar refractivity (Wildman–Crippen MR) is 224 cm³/mol. The molecule has 1 saturated heterocycles. The van der Waals surface area contributed by atoms with E-state index in [1.807, 2.05) is 39.8 Å². The van der Waals surface area contributed by atoms with E-state index in [4.69, 9.17) is 32.2 Å². The molecule has 1 fully saturated rings. The molecule has 340 valence electrons. The molecule has 3 unspecified atom stereocenters. The third-order valence-electron chi connectivity index (χ3n) is 11.1. The van der Waals surface area contributed by atoms with Gasteiger partial charge < -0.3 is 37.1 Å². The summed E-state index contributed by atoms with van der Waals surface area (Å²) in [6, 6.07) is 21.5. The minimum Gasteiger partial charge on any atom is -0.497 e. The van der Waals surface area contributed by atoms with Crippen LogP contribution in [0.1, 0.15) is 86.5 Å². The third-order valence-corrected chi connectivity index (χ3v) is 14.6. The minimum absolute atomic E-state index is 0.0889. The van der Waals surface area contributed by atoms with Crippen LogP contribution in [0.2, 0.25) is 0 Å². The average molecular weight is 902 g/mol. The van der Waals surface area contributed by atoms with Crippen molar-refractivity contribution >= 4 is 26.8 Å². The van der Waals surface area contributed by atoms with Crippen LogP contribution in [0.25, 0.3) is 0 Å². The monoisotopic (exact) mass is 901 g/mol. The minimum atomic E-state index is -5.41. The van der Waals surface area contributed by atoms with Gasteiger partial charge in [0.15, 0.2) is 5.41 Å². The Morgan fingerprint density at radius 1 is 0.714 bits per heavy atom. The van der Waals surface area contributed by atoms with Crippen molar-refractivity contribution in [2.24, 2.45) is 0 Å². The van der Waals surface area contributed by atoms with Gasteiger partial charge in [-0.3, -0.25) is 4.79 Å². The van der Waals surface area contributed by atoms with Crippen LogP contribution in [-0.4, -0.2) is 90.1 Å². The van der Waals surface area contributed by atoms with Crippen molar-refractivity contribution in [3.63, 3.8) is 0 Å². The van der Waals surface area contributed by atoms with Crippen LogP contribution in [0, 0.1) is 0 Å². The molecule has 0 aliphatic carbocycles. The third kappa shape index (κ3) is 10.5. The summed E-state index contributed by atoms with van der Waals surface area (Å²) in [7, 11) is -1.89. The Hall–Kier alpha value is -5.36. The molecule has 3 atom stereocenters. The van der Waals surface area contributed by atoms with Crippen molar-refractivity contribution in [2.75, 3.05) is 40.1 Å². The Morgan fingerprint density at radius 2 is 1.17 bits per heavy atom. The highest BCUT2D eigenvalue weighted by Crippen LogP contribution is 2.51. The molecule has 1 amide bonds. The molecule has 1 heterocycles. The Labute approximate surface area is 364 Å². The van der Waals surface area contributed by atoms with Gasteiger partial charge in [0.2, 0.25) is 0 Å². The second-order valence-corrected chi connectivity index (χ2v) is 17.6. The Balaban J connectivity index is 1.32. The van der Waals surface area contributed by atoms with Crippen molar-refractivity contribution in [3.8, 4) is 17.2 Å². The second kappa shape index (κ2) is 20.9. The number of halogens is 5. The van der Waals surface area contributed by atoms with E-state index >= 15 is 0 Å². The number of methoxy groups -OCH3 is 1.